The molecule has 6 heteroatoms. The lowest BCUT2D eigenvalue weighted by Crippen LogP contribution is -2.38. The highest BCUT2D eigenvalue weighted by molar-refractivity contribution is 6.06. The lowest BCUT2D eigenvalue weighted by Gasteiger charge is -2.25. The van der Waals surface area contributed by atoms with Crippen molar-refractivity contribution < 1.29 is 4.79 Å². The van der Waals surface area contributed by atoms with Crippen molar-refractivity contribution in [2.24, 2.45) is 0 Å². The van der Waals surface area contributed by atoms with E-state index < -0.39 is 0 Å². The van der Waals surface area contributed by atoms with Crippen LogP contribution in [-0.4, -0.2) is 38.2 Å². The third-order valence-corrected chi connectivity index (χ3v) is 4.78. The van der Waals surface area contributed by atoms with E-state index in [-0.39, 0.29) is 17.5 Å². The first-order chi connectivity index (χ1) is 12.1. The van der Waals surface area contributed by atoms with Gasteiger partial charge in [0.25, 0.3) is 5.91 Å². The molecule has 1 amide bonds. The molecule has 0 saturated carbocycles. The normalized spacial score (nSPS) is 17.3. The lowest BCUT2D eigenvalue weighted by molar-refractivity contribution is 0.0723. The summed E-state index contributed by atoms with van der Waals surface area (Å²) in [5, 5.41) is 5.12. The summed E-state index contributed by atoms with van der Waals surface area (Å²) < 4.78 is 1.89. The van der Waals surface area contributed by atoms with Gasteiger partial charge in [-0.1, -0.05) is 18.2 Å². The average molecular weight is 336 g/mol. The molecule has 0 spiro atoms. The summed E-state index contributed by atoms with van der Waals surface area (Å²) in [5.74, 6) is -0.0753. The van der Waals surface area contributed by atoms with E-state index in [0.29, 0.717) is 24.2 Å². The molecule has 0 bridgehead atoms. The number of para-hydroxylation sites is 1. The lowest BCUT2D eigenvalue weighted by atomic mass is 10.1. The van der Waals surface area contributed by atoms with Gasteiger partial charge in [0.1, 0.15) is 0 Å². The maximum absolute atomic E-state index is 13.2. The summed E-state index contributed by atoms with van der Waals surface area (Å²) in [6.07, 6.45) is 5.73. The molecule has 1 fully saturated rings. The van der Waals surface area contributed by atoms with E-state index in [2.05, 4.69) is 10.1 Å². The Bertz CT molecular complexity index is 988. The van der Waals surface area contributed by atoms with E-state index in [0.717, 1.165) is 23.8 Å². The molecule has 128 valence electrons. The van der Waals surface area contributed by atoms with E-state index in [9.17, 15) is 9.59 Å². The fourth-order valence-corrected chi connectivity index (χ4v) is 3.61. The molecule has 2 aromatic heterocycles. The minimum Gasteiger partial charge on any atom is -0.334 e. The number of carbonyl (C=O) groups is 1. The maximum atomic E-state index is 13.2. The van der Waals surface area contributed by atoms with Gasteiger partial charge in [-0.05, 0) is 31.4 Å². The Morgan fingerprint density at radius 3 is 3.00 bits per heavy atom. The van der Waals surface area contributed by atoms with Crippen molar-refractivity contribution in [3.05, 3.63) is 64.2 Å². The smallest absolute Gasteiger partial charge is 0.255 e. The molecule has 1 N–H and O–H groups in total. The third kappa shape index (κ3) is 2.95. The molecule has 0 radical (unpaired) electrons. The second kappa shape index (κ2) is 6.20. The van der Waals surface area contributed by atoms with Gasteiger partial charge in [-0.2, -0.15) is 5.10 Å². The molecular formula is C19H20N4O2. The molecule has 3 aromatic rings. The number of carbonyl (C=O) groups excluding carboxylic acids is 1. The summed E-state index contributed by atoms with van der Waals surface area (Å²) >= 11 is 0. The third-order valence-electron chi connectivity index (χ3n) is 4.78. The molecule has 1 aliphatic rings. The molecule has 0 aliphatic carbocycles. The summed E-state index contributed by atoms with van der Waals surface area (Å²) in [6.45, 7) is 3.40. The predicted molar refractivity (Wildman–Crippen MR) is 95.6 cm³/mol. The highest BCUT2D eigenvalue weighted by atomic mass is 16.2. The monoisotopic (exact) mass is 336 g/mol. The van der Waals surface area contributed by atoms with Crippen molar-refractivity contribution in [3.63, 3.8) is 0 Å². The van der Waals surface area contributed by atoms with Gasteiger partial charge in [-0.3, -0.25) is 14.3 Å². The average Bonchev–Trinajstić information content (AvgIpc) is 3.22. The SMILES string of the molecule is Cc1cnn(C[C@H]2CCCN2C(=O)c2cc(=O)[nH]c3ccccc23)c1. The van der Waals surface area contributed by atoms with Crippen LogP contribution in [0.4, 0.5) is 0 Å². The number of rotatable bonds is 3. The molecule has 1 aromatic carbocycles. The largest absolute Gasteiger partial charge is 0.334 e. The number of aromatic nitrogens is 3. The Balaban J connectivity index is 1.67. The van der Waals surface area contributed by atoms with Gasteiger partial charge >= 0.3 is 0 Å². The van der Waals surface area contributed by atoms with Gasteiger partial charge in [0, 0.05) is 29.7 Å². The van der Waals surface area contributed by atoms with Crippen LogP contribution in [0.3, 0.4) is 0 Å². The van der Waals surface area contributed by atoms with Crippen molar-refractivity contribution in [2.45, 2.75) is 32.4 Å². The maximum Gasteiger partial charge on any atom is 0.255 e. The van der Waals surface area contributed by atoms with E-state index >= 15 is 0 Å². The van der Waals surface area contributed by atoms with E-state index in [1.165, 1.54) is 6.07 Å². The van der Waals surface area contributed by atoms with Crippen LogP contribution in [0.2, 0.25) is 0 Å². The molecular weight excluding hydrogens is 316 g/mol. The quantitative estimate of drug-likeness (QED) is 0.798. The Kier molecular flexibility index (Phi) is 3.87. The number of aryl methyl sites for hydroxylation is 1. The summed E-state index contributed by atoms with van der Waals surface area (Å²) in [7, 11) is 0. The van der Waals surface area contributed by atoms with Crippen LogP contribution in [0.15, 0.2) is 47.5 Å². The molecule has 3 heterocycles. The minimum atomic E-state index is -0.250. The first kappa shape index (κ1) is 15.6. The van der Waals surface area contributed by atoms with E-state index in [1.54, 1.807) is 0 Å². The first-order valence-electron chi connectivity index (χ1n) is 8.54. The van der Waals surface area contributed by atoms with Crippen LogP contribution >= 0.6 is 0 Å². The van der Waals surface area contributed by atoms with Gasteiger partial charge in [0.15, 0.2) is 0 Å². The van der Waals surface area contributed by atoms with Crippen LogP contribution in [-0.2, 0) is 6.54 Å². The standard InChI is InChI=1S/C19H20N4O2/c1-13-10-20-22(11-13)12-14-5-4-8-23(14)19(25)16-9-18(24)21-17-7-3-2-6-15(16)17/h2-3,6-7,9-11,14H,4-5,8,12H2,1H3,(H,21,24)/t14-/m1/s1. The van der Waals surface area contributed by atoms with Crippen molar-refractivity contribution in [2.75, 3.05) is 6.54 Å². The minimum absolute atomic E-state index is 0.0753. The number of nitrogens with zero attached hydrogens (tertiary/aromatic N) is 3. The summed E-state index contributed by atoms with van der Waals surface area (Å²) in [4.78, 5) is 29.8. The number of pyridine rings is 1. The number of likely N-dealkylation sites (tertiary alicyclic amines) is 1. The van der Waals surface area contributed by atoms with Gasteiger partial charge in [0.05, 0.1) is 24.3 Å². The fourth-order valence-electron chi connectivity index (χ4n) is 3.61. The summed E-state index contributed by atoms with van der Waals surface area (Å²) in [6, 6.07) is 8.95. The Hall–Kier alpha value is -2.89. The number of nitrogens with one attached hydrogen (secondary N) is 1. The van der Waals surface area contributed by atoms with Crippen LogP contribution in [0.25, 0.3) is 10.9 Å². The second-order valence-corrected chi connectivity index (χ2v) is 6.63. The number of amides is 1. The Morgan fingerprint density at radius 1 is 1.36 bits per heavy atom. The van der Waals surface area contributed by atoms with Gasteiger partial charge in [0.2, 0.25) is 5.56 Å². The van der Waals surface area contributed by atoms with Crippen LogP contribution < -0.4 is 5.56 Å². The Labute approximate surface area is 145 Å². The molecule has 0 unspecified atom stereocenters. The van der Waals surface area contributed by atoms with Crippen LogP contribution in [0.5, 0.6) is 0 Å². The summed E-state index contributed by atoms with van der Waals surface area (Å²) in [5.41, 5.74) is 2.02. The van der Waals surface area contributed by atoms with Crippen LogP contribution in [0.1, 0.15) is 28.8 Å². The van der Waals surface area contributed by atoms with Gasteiger partial charge in [-0.25, -0.2) is 0 Å². The van der Waals surface area contributed by atoms with Crippen molar-refractivity contribution in [1.82, 2.24) is 19.7 Å². The van der Waals surface area contributed by atoms with Crippen LogP contribution in [0, 0.1) is 6.92 Å². The highest BCUT2D eigenvalue weighted by Gasteiger charge is 2.30. The second-order valence-electron chi connectivity index (χ2n) is 6.63. The molecule has 6 nitrogen and oxygen atoms in total. The van der Waals surface area contributed by atoms with Crippen molar-refractivity contribution in [3.8, 4) is 0 Å². The number of hydrogen-bond acceptors (Lipinski definition) is 3. The van der Waals surface area contributed by atoms with E-state index in [4.69, 9.17) is 0 Å². The van der Waals surface area contributed by atoms with Gasteiger partial charge in [-0.15, -0.1) is 0 Å². The molecule has 1 saturated heterocycles. The van der Waals surface area contributed by atoms with E-state index in [1.807, 2.05) is 53.2 Å². The molecule has 1 aliphatic heterocycles. The molecule has 4 rings (SSSR count). The topological polar surface area (TPSA) is 71.0 Å². The number of hydrogen-bond donors (Lipinski definition) is 1. The first-order valence-corrected chi connectivity index (χ1v) is 8.54. The highest BCUT2D eigenvalue weighted by Crippen LogP contribution is 2.24. The fraction of sp³-hybridized carbons (Fsp3) is 0.316. The zero-order valence-corrected chi connectivity index (χ0v) is 14.1. The number of benzene rings is 1. The molecule has 25 heavy (non-hydrogen) atoms. The van der Waals surface area contributed by atoms with Gasteiger partial charge < -0.3 is 9.88 Å². The zero-order valence-electron chi connectivity index (χ0n) is 14.1. The zero-order chi connectivity index (χ0) is 17.4. The number of aromatic amines is 1. The Morgan fingerprint density at radius 2 is 2.20 bits per heavy atom. The number of H-pyrrole nitrogens is 1. The van der Waals surface area contributed by atoms with Crippen molar-refractivity contribution >= 4 is 16.8 Å². The molecule has 1 atom stereocenters. The van der Waals surface area contributed by atoms with Crippen molar-refractivity contribution in [1.29, 1.82) is 0 Å². The number of fused-ring (bicyclic) bond motifs is 1. The predicted octanol–water partition coefficient (Wildman–Crippen LogP) is 2.34.